The number of amides is 2. The number of rotatable bonds is 6. The Morgan fingerprint density at radius 2 is 2.29 bits per heavy atom. The number of β-lactam (4-membered cyclic amide) rings is 1. The Morgan fingerprint density at radius 1 is 1.52 bits per heavy atom. The molecule has 1 saturated heterocycles. The Balaban J connectivity index is 1.53. The Bertz CT molecular complexity index is 1140. The molecule has 2 amide bonds. The summed E-state index contributed by atoms with van der Waals surface area (Å²) >= 11 is 2.39. The normalized spacial score (nSPS) is 21.0. The Labute approximate surface area is 183 Å². The number of nitrogens with two attached hydrogens (primary N) is 1. The van der Waals surface area contributed by atoms with Crippen molar-refractivity contribution in [1.82, 2.24) is 19.9 Å². The zero-order chi connectivity index (χ0) is 22.3. The predicted octanol–water partition coefficient (Wildman–Crippen LogP) is -2.37. The van der Waals surface area contributed by atoms with Crippen LogP contribution in [0.25, 0.3) is 0 Å². The van der Waals surface area contributed by atoms with Gasteiger partial charge in [-0.25, -0.2) is 4.98 Å². The SMILES string of the molecule is C[n+]1cccn1CC1=C(C(=O)[O-])N2C(=O)[C@@H](NC(=O)C(=NO)c3csc(N)n3)[C@H]2SC1. The van der Waals surface area contributed by atoms with Gasteiger partial charge in [0.05, 0.1) is 17.9 Å². The van der Waals surface area contributed by atoms with Gasteiger partial charge < -0.3 is 26.2 Å². The monoisotopic (exact) mass is 463 g/mol. The average molecular weight is 464 g/mol. The number of oxime groups is 1. The van der Waals surface area contributed by atoms with Crippen LogP contribution in [0.15, 0.2) is 40.3 Å². The molecule has 0 aromatic carbocycles. The Hall–Kier alpha value is -3.39. The summed E-state index contributed by atoms with van der Waals surface area (Å²) in [6.45, 7) is 0.278. The second-order valence-electron chi connectivity index (χ2n) is 6.78. The Kier molecular flexibility index (Phi) is 5.41. The van der Waals surface area contributed by atoms with Crippen LogP contribution in [0, 0.1) is 0 Å². The second-order valence-corrected chi connectivity index (χ2v) is 8.78. The van der Waals surface area contributed by atoms with Gasteiger partial charge in [0.1, 0.15) is 23.7 Å². The quantitative estimate of drug-likeness (QED) is 0.140. The van der Waals surface area contributed by atoms with E-state index >= 15 is 0 Å². The predicted molar refractivity (Wildman–Crippen MR) is 108 cm³/mol. The number of nitrogens with one attached hydrogen (secondary N) is 1. The minimum atomic E-state index is -1.45. The molecule has 4 rings (SSSR count). The van der Waals surface area contributed by atoms with E-state index in [1.807, 2.05) is 19.3 Å². The molecule has 0 bridgehead atoms. The molecule has 1 fully saturated rings. The summed E-state index contributed by atoms with van der Waals surface area (Å²) in [6, 6.07) is 0.832. The minimum absolute atomic E-state index is 0.0691. The van der Waals surface area contributed by atoms with Gasteiger partial charge in [0.25, 0.3) is 11.8 Å². The van der Waals surface area contributed by atoms with E-state index in [4.69, 9.17) is 5.73 Å². The van der Waals surface area contributed by atoms with Crippen LogP contribution in [0.3, 0.4) is 0 Å². The number of hydrogen-bond donors (Lipinski definition) is 3. The van der Waals surface area contributed by atoms with Crippen LogP contribution in [-0.4, -0.2) is 60.4 Å². The summed E-state index contributed by atoms with van der Waals surface area (Å²) in [5.41, 5.74) is 5.56. The molecule has 31 heavy (non-hydrogen) atoms. The first-order valence-electron chi connectivity index (χ1n) is 8.95. The van der Waals surface area contributed by atoms with Gasteiger partial charge in [-0.15, -0.1) is 27.8 Å². The van der Waals surface area contributed by atoms with Crippen molar-refractivity contribution >= 4 is 51.7 Å². The third kappa shape index (κ3) is 3.63. The molecule has 0 saturated carbocycles. The molecule has 14 heteroatoms. The molecule has 4 N–H and O–H groups in total. The van der Waals surface area contributed by atoms with Gasteiger partial charge in [-0.1, -0.05) is 5.16 Å². The number of carbonyl (C=O) groups is 3. The largest absolute Gasteiger partial charge is 0.543 e. The lowest BCUT2D eigenvalue weighted by Crippen LogP contribution is -2.71. The number of aryl methyl sites for hydroxylation is 1. The molecule has 2 aliphatic rings. The first-order chi connectivity index (χ1) is 14.8. The van der Waals surface area contributed by atoms with Crippen molar-refractivity contribution in [3.63, 3.8) is 0 Å². The summed E-state index contributed by atoms with van der Waals surface area (Å²) in [7, 11) is 1.81. The summed E-state index contributed by atoms with van der Waals surface area (Å²) in [4.78, 5) is 42.1. The van der Waals surface area contributed by atoms with Crippen LogP contribution in [0.4, 0.5) is 5.13 Å². The molecular weight excluding hydrogens is 446 g/mol. The first kappa shape index (κ1) is 20.9. The van der Waals surface area contributed by atoms with E-state index in [2.05, 4.69) is 15.5 Å². The molecule has 0 unspecified atom stereocenters. The lowest BCUT2D eigenvalue weighted by molar-refractivity contribution is -0.752. The van der Waals surface area contributed by atoms with Crippen molar-refractivity contribution in [1.29, 1.82) is 0 Å². The molecular formula is C17H17N7O5S2. The lowest BCUT2D eigenvalue weighted by atomic mass is 10.0. The number of aromatic nitrogens is 3. The third-order valence-electron chi connectivity index (χ3n) is 4.92. The number of carboxylic acid groups (broad SMARTS) is 1. The third-order valence-corrected chi connectivity index (χ3v) is 6.94. The fraction of sp³-hybridized carbons (Fsp3) is 0.294. The highest BCUT2D eigenvalue weighted by atomic mass is 32.2. The molecule has 0 aliphatic carbocycles. The van der Waals surface area contributed by atoms with Crippen LogP contribution in [0.1, 0.15) is 5.69 Å². The molecule has 2 aromatic heterocycles. The molecule has 2 aliphatic heterocycles. The van der Waals surface area contributed by atoms with Crippen LogP contribution in [0.5, 0.6) is 0 Å². The molecule has 4 heterocycles. The van der Waals surface area contributed by atoms with E-state index in [0.29, 0.717) is 11.3 Å². The highest BCUT2D eigenvalue weighted by Crippen LogP contribution is 2.40. The van der Waals surface area contributed by atoms with Crippen molar-refractivity contribution in [2.24, 2.45) is 12.2 Å². The highest BCUT2D eigenvalue weighted by Gasteiger charge is 2.53. The number of fused-ring (bicyclic) bond motifs is 1. The van der Waals surface area contributed by atoms with Crippen LogP contribution < -0.4 is 20.8 Å². The summed E-state index contributed by atoms with van der Waals surface area (Å²) in [5, 5.41) is 27.5. The van der Waals surface area contributed by atoms with E-state index in [-0.39, 0.29) is 23.1 Å². The molecule has 2 aromatic rings. The maximum absolute atomic E-state index is 12.7. The van der Waals surface area contributed by atoms with Crippen molar-refractivity contribution in [3.05, 3.63) is 40.8 Å². The molecule has 162 valence electrons. The van der Waals surface area contributed by atoms with Crippen LogP contribution in [-0.2, 0) is 28.0 Å². The lowest BCUT2D eigenvalue weighted by Gasteiger charge is -2.50. The van der Waals surface area contributed by atoms with Gasteiger partial charge in [0, 0.05) is 17.2 Å². The van der Waals surface area contributed by atoms with Gasteiger partial charge in [0.15, 0.2) is 24.1 Å². The molecule has 0 spiro atoms. The van der Waals surface area contributed by atoms with Crippen molar-refractivity contribution < 1.29 is 29.4 Å². The van der Waals surface area contributed by atoms with Crippen LogP contribution in [0.2, 0.25) is 0 Å². The topological polar surface area (TPSA) is 170 Å². The maximum Gasteiger partial charge on any atom is 0.276 e. The van der Waals surface area contributed by atoms with Gasteiger partial charge in [-0.3, -0.25) is 14.5 Å². The molecule has 2 atom stereocenters. The number of hydrogen-bond acceptors (Lipinski definition) is 10. The van der Waals surface area contributed by atoms with E-state index < -0.39 is 34.9 Å². The number of carbonyl (C=O) groups excluding carboxylic acids is 3. The number of thioether (sulfide) groups is 1. The van der Waals surface area contributed by atoms with Gasteiger partial charge >= 0.3 is 0 Å². The number of aliphatic carboxylic acids is 1. The molecule has 0 radical (unpaired) electrons. The summed E-state index contributed by atoms with van der Waals surface area (Å²) in [5.74, 6) is -2.53. The summed E-state index contributed by atoms with van der Waals surface area (Å²) in [6.07, 6.45) is 3.60. The standard InChI is InChI=1S/C17H17N7O5S2/c1-22-3-2-4-23(22)5-8-6-30-15-11(14(26)24(15)12(8)16(27)28)20-13(25)10(21-29)9-7-31-17(18)19-9/h2-4,7,11,15H,5-6H2,1H3,(H4-,18,19,20,25,27,28,29)/t11-,15-/m1/s1. The average Bonchev–Trinajstić information content (AvgIpc) is 3.34. The second kappa shape index (κ2) is 8.03. The van der Waals surface area contributed by atoms with Crippen LogP contribution >= 0.6 is 23.1 Å². The van der Waals surface area contributed by atoms with Gasteiger partial charge in [-0.2, -0.15) is 4.68 Å². The number of anilines is 1. The van der Waals surface area contributed by atoms with E-state index in [0.717, 1.165) is 16.2 Å². The minimum Gasteiger partial charge on any atom is -0.543 e. The first-order valence-corrected chi connectivity index (χ1v) is 10.9. The van der Waals surface area contributed by atoms with Crippen molar-refractivity contribution in [2.45, 2.75) is 18.0 Å². The number of nitrogens with zero attached hydrogens (tertiary/aromatic N) is 5. The van der Waals surface area contributed by atoms with E-state index in [1.54, 1.807) is 15.6 Å². The fourth-order valence-electron chi connectivity index (χ4n) is 3.43. The number of thiazole rings is 1. The highest BCUT2D eigenvalue weighted by molar-refractivity contribution is 8.00. The maximum atomic E-state index is 12.7. The Morgan fingerprint density at radius 3 is 2.87 bits per heavy atom. The van der Waals surface area contributed by atoms with Crippen molar-refractivity contribution in [3.8, 4) is 0 Å². The smallest absolute Gasteiger partial charge is 0.276 e. The van der Waals surface area contributed by atoms with E-state index in [9.17, 15) is 24.7 Å². The molecule has 12 nitrogen and oxygen atoms in total. The zero-order valence-corrected chi connectivity index (χ0v) is 17.7. The summed E-state index contributed by atoms with van der Waals surface area (Å²) < 4.78 is 3.59. The van der Waals surface area contributed by atoms with Gasteiger partial charge in [0.2, 0.25) is 0 Å². The fourth-order valence-corrected chi connectivity index (χ4v) is 5.31. The number of nitrogen functional groups attached to an aromatic ring is 1. The van der Waals surface area contributed by atoms with E-state index in [1.165, 1.54) is 17.1 Å². The van der Waals surface area contributed by atoms with Crippen molar-refractivity contribution in [2.75, 3.05) is 11.5 Å². The zero-order valence-electron chi connectivity index (χ0n) is 16.1. The number of carboxylic acids is 1. The van der Waals surface area contributed by atoms with Gasteiger partial charge in [-0.05, 0) is 5.57 Å².